The molecule has 0 aliphatic carbocycles. The number of amides is 1. The molecular formula is C14H12ClNO3S2. The SMILES string of the molecule is CS(=O)(=O)c1ccc(NC(=O)C=Cc2ccc(Cl)s2)cc1. The third kappa shape index (κ3) is 4.70. The van der Waals surface area contributed by atoms with E-state index in [1.807, 2.05) is 6.07 Å². The van der Waals surface area contributed by atoms with E-state index in [-0.39, 0.29) is 10.8 Å². The van der Waals surface area contributed by atoms with Gasteiger partial charge < -0.3 is 5.32 Å². The average molecular weight is 342 g/mol. The maximum atomic E-state index is 11.7. The van der Waals surface area contributed by atoms with Gasteiger partial charge in [-0.15, -0.1) is 11.3 Å². The first kappa shape index (κ1) is 15.8. The van der Waals surface area contributed by atoms with Crippen molar-refractivity contribution >= 4 is 50.4 Å². The van der Waals surface area contributed by atoms with Gasteiger partial charge in [0.15, 0.2) is 9.84 Å². The number of carbonyl (C=O) groups excluding carboxylic acids is 1. The molecule has 0 saturated carbocycles. The second-order valence-corrected chi connectivity index (χ2v) is 8.02. The monoisotopic (exact) mass is 341 g/mol. The molecule has 1 aromatic carbocycles. The molecule has 0 atom stereocenters. The number of halogens is 1. The Morgan fingerprint density at radius 1 is 1.19 bits per heavy atom. The average Bonchev–Trinajstić information content (AvgIpc) is 2.82. The van der Waals surface area contributed by atoms with E-state index in [0.29, 0.717) is 10.0 Å². The van der Waals surface area contributed by atoms with Gasteiger partial charge in [-0.25, -0.2) is 8.42 Å². The summed E-state index contributed by atoms with van der Waals surface area (Å²) in [6.45, 7) is 0. The van der Waals surface area contributed by atoms with Crippen molar-refractivity contribution in [3.05, 3.63) is 51.7 Å². The largest absolute Gasteiger partial charge is 0.323 e. The molecule has 0 fully saturated rings. The second kappa shape index (κ2) is 6.43. The first-order valence-corrected chi connectivity index (χ1v) is 8.98. The number of nitrogens with one attached hydrogen (secondary N) is 1. The van der Waals surface area contributed by atoms with Gasteiger partial charge in [0.25, 0.3) is 0 Å². The maximum absolute atomic E-state index is 11.7. The Morgan fingerprint density at radius 2 is 1.86 bits per heavy atom. The lowest BCUT2D eigenvalue weighted by atomic mass is 10.3. The zero-order valence-electron chi connectivity index (χ0n) is 11.0. The Balaban J connectivity index is 2.01. The zero-order valence-corrected chi connectivity index (χ0v) is 13.4. The number of carbonyl (C=O) groups is 1. The van der Waals surface area contributed by atoms with Gasteiger partial charge >= 0.3 is 0 Å². The van der Waals surface area contributed by atoms with Crippen LogP contribution in [0, 0.1) is 0 Å². The molecule has 2 aromatic rings. The highest BCUT2D eigenvalue weighted by Crippen LogP contribution is 2.22. The normalized spacial score (nSPS) is 11.7. The minimum atomic E-state index is -3.23. The van der Waals surface area contributed by atoms with Gasteiger partial charge in [-0.1, -0.05) is 11.6 Å². The third-order valence-electron chi connectivity index (χ3n) is 2.54. The summed E-state index contributed by atoms with van der Waals surface area (Å²) in [5, 5.41) is 2.65. The van der Waals surface area contributed by atoms with E-state index in [1.165, 1.54) is 29.5 Å². The van der Waals surface area contributed by atoms with Crippen molar-refractivity contribution in [3.8, 4) is 0 Å². The molecule has 1 heterocycles. The van der Waals surface area contributed by atoms with Crippen molar-refractivity contribution in [1.29, 1.82) is 0 Å². The summed E-state index contributed by atoms with van der Waals surface area (Å²) >= 11 is 7.16. The van der Waals surface area contributed by atoms with Crippen LogP contribution in [-0.2, 0) is 14.6 Å². The van der Waals surface area contributed by atoms with Crippen LogP contribution in [0.5, 0.6) is 0 Å². The summed E-state index contributed by atoms with van der Waals surface area (Å²) in [5.41, 5.74) is 0.529. The fourth-order valence-electron chi connectivity index (χ4n) is 1.55. The fourth-order valence-corrected chi connectivity index (χ4v) is 3.14. The first-order valence-electron chi connectivity index (χ1n) is 5.89. The highest BCUT2D eigenvalue weighted by atomic mass is 35.5. The molecular weight excluding hydrogens is 330 g/mol. The smallest absolute Gasteiger partial charge is 0.248 e. The number of benzene rings is 1. The Labute approximate surface area is 132 Å². The number of rotatable bonds is 4. The summed E-state index contributed by atoms with van der Waals surface area (Å²) in [6, 6.07) is 9.57. The molecule has 1 aromatic heterocycles. The zero-order chi connectivity index (χ0) is 15.5. The summed E-state index contributed by atoms with van der Waals surface area (Å²) in [5.74, 6) is -0.299. The number of thiophene rings is 1. The van der Waals surface area contributed by atoms with Gasteiger partial charge in [-0.05, 0) is 42.5 Å². The summed E-state index contributed by atoms with van der Waals surface area (Å²) in [4.78, 5) is 12.8. The molecule has 0 aliphatic rings. The third-order valence-corrected chi connectivity index (χ3v) is 4.87. The maximum Gasteiger partial charge on any atom is 0.248 e. The number of hydrogen-bond donors (Lipinski definition) is 1. The van der Waals surface area contributed by atoms with Crippen LogP contribution in [0.1, 0.15) is 4.88 Å². The van der Waals surface area contributed by atoms with E-state index < -0.39 is 9.84 Å². The predicted octanol–water partition coefficient (Wildman–Crippen LogP) is 3.46. The summed E-state index contributed by atoms with van der Waals surface area (Å²) in [7, 11) is -3.23. The van der Waals surface area contributed by atoms with Crippen molar-refractivity contribution < 1.29 is 13.2 Å². The summed E-state index contributed by atoms with van der Waals surface area (Å²) < 4.78 is 23.3. The molecule has 0 saturated heterocycles. The van der Waals surface area contributed by atoms with Gasteiger partial charge in [0.1, 0.15) is 0 Å². The van der Waals surface area contributed by atoms with Crippen molar-refractivity contribution in [2.24, 2.45) is 0 Å². The van der Waals surface area contributed by atoms with Crippen LogP contribution in [0.25, 0.3) is 6.08 Å². The quantitative estimate of drug-likeness (QED) is 0.866. The van der Waals surface area contributed by atoms with E-state index in [1.54, 1.807) is 24.3 Å². The molecule has 110 valence electrons. The first-order chi connectivity index (χ1) is 9.84. The van der Waals surface area contributed by atoms with Gasteiger partial charge in [-0.2, -0.15) is 0 Å². The molecule has 0 radical (unpaired) electrons. The molecule has 1 amide bonds. The lowest BCUT2D eigenvalue weighted by Crippen LogP contribution is -2.07. The van der Waals surface area contributed by atoms with E-state index in [9.17, 15) is 13.2 Å². The molecule has 4 nitrogen and oxygen atoms in total. The molecule has 7 heteroatoms. The van der Waals surface area contributed by atoms with Crippen molar-refractivity contribution in [1.82, 2.24) is 0 Å². The van der Waals surface area contributed by atoms with Crippen LogP contribution in [0.2, 0.25) is 4.34 Å². The topological polar surface area (TPSA) is 63.2 Å². The molecule has 0 bridgehead atoms. The van der Waals surface area contributed by atoms with Crippen LogP contribution >= 0.6 is 22.9 Å². The van der Waals surface area contributed by atoms with Crippen LogP contribution in [-0.4, -0.2) is 20.6 Å². The Bertz CT molecular complexity index is 777. The molecule has 0 spiro atoms. The van der Waals surface area contributed by atoms with Crippen molar-refractivity contribution in [2.45, 2.75) is 4.90 Å². The van der Waals surface area contributed by atoms with Crippen LogP contribution in [0.3, 0.4) is 0 Å². The van der Waals surface area contributed by atoms with Crippen LogP contribution in [0.15, 0.2) is 47.4 Å². The number of sulfone groups is 1. The molecule has 21 heavy (non-hydrogen) atoms. The number of anilines is 1. The predicted molar refractivity (Wildman–Crippen MR) is 86.5 cm³/mol. The fraction of sp³-hybridized carbons (Fsp3) is 0.0714. The van der Waals surface area contributed by atoms with Crippen molar-refractivity contribution in [2.75, 3.05) is 11.6 Å². The lowest BCUT2D eigenvalue weighted by Gasteiger charge is -2.03. The minimum Gasteiger partial charge on any atom is -0.323 e. The van der Waals surface area contributed by atoms with Crippen LogP contribution in [0.4, 0.5) is 5.69 Å². The van der Waals surface area contributed by atoms with Gasteiger partial charge in [0.2, 0.25) is 5.91 Å². The van der Waals surface area contributed by atoms with E-state index >= 15 is 0 Å². The summed E-state index contributed by atoms with van der Waals surface area (Å²) in [6.07, 6.45) is 4.19. The van der Waals surface area contributed by atoms with E-state index in [0.717, 1.165) is 11.1 Å². The lowest BCUT2D eigenvalue weighted by molar-refractivity contribution is -0.111. The molecule has 0 aliphatic heterocycles. The standard InChI is InChI=1S/C14H12ClNO3S2/c1-21(18,19)12-6-2-10(3-7-12)16-14(17)9-5-11-4-8-13(15)20-11/h2-9H,1H3,(H,16,17). The molecule has 0 unspecified atom stereocenters. The Hall–Kier alpha value is -1.63. The Kier molecular flexibility index (Phi) is 4.82. The van der Waals surface area contributed by atoms with Gasteiger partial charge in [0.05, 0.1) is 9.23 Å². The Morgan fingerprint density at radius 3 is 2.38 bits per heavy atom. The highest BCUT2D eigenvalue weighted by molar-refractivity contribution is 7.90. The van der Waals surface area contributed by atoms with Crippen molar-refractivity contribution in [3.63, 3.8) is 0 Å². The highest BCUT2D eigenvalue weighted by Gasteiger charge is 2.06. The second-order valence-electron chi connectivity index (χ2n) is 4.26. The van der Waals surface area contributed by atoms with Gasteiger partial charge in [-0.3, -0.25) is 4.79 Å². The minimum absolute atomic E-state index is 0.212. The molecule has 1 N–H and O–H groups in total. The van der Waals surface area contributed by atoms with E-state index in [4.69, 9.17) is 11.6 Å². The van der Waals surface area contributed by atoms with Gasteiger partial charge in [0, 0.05) is 22.9 Å². The number of hydrogen-bond acceptors (Lipinski definition) is 4. The van der Waals surface area contributed by atoms with Crippen LogP contribution < -0.4 is 5.32 Å². The van der Waals surface area contributed by atoms with E-state index in [2.05, 4.69) is 5.32 Å². The molecule has 2 rings (SSSR count).